The quantitative estimate of drug-likeness (QED) is 0.609. The van der Waals surface area contributed by atoms with E-state index in [-0.39, 0.29) is 22.8 Å². The number of hydrogen-bond donors (Lipinski definition) is 2. The van der Waals surface area contributed by atoms with Gasteiger partial charge in [-0.15, -0.1) is 0 Å². The molecule has 0 aliphatic heterocycles. The van der Waals surface area contributed by atoms with E-state index in [1.54, 1.807) is 38.1 Å². The van der Waals surface area contributed by atoms with Crippen LogP contribution >= 0.6 is 0 Å². The Hall–Kier alpha value is -1.78. The Kier molecular flexibility index (Phi) is 7.23. The molecule has 0 unspecified atom stereocenters. The molecule has 29 heavy (non-hydrogen) atoms. The molecule has 0 heterocycles. The zero-order chi connectivity index (χ0) is 22.0. The largest absolute Gasteiger partial charge is 0.392 e. The van der Waals surface area contributed by atoms with Gasteiger partial charge in [-0.3, -0.25) is 4.55 Å². The van der Waals surface area contributed by atoms with Crippen molar-refractivity contribution >= 4 is 20.1 Å². The summed E-state index contributed by atoms with van der Waals surface area (Å²) in [7, 11) is -8.38. The normalized spacial score (nSPS) is 14.7. The number of aryl methyl sites for hydroxylation is 2. The van der Waals surface area contributed by atoms with Crippen LogP contribution in [0.15, 0.2) is 52.3 Å². The van der Waals surface area contributed by atoms with Crippen molar-refractivity contribution in [3.63, 3.8) is 0 Å². The van der Waals surface area contributed by atoms with Gasteiger partial charge in [-0.2, -0.15) is 12.7 Å². The summed E-state index contributed by atoms with van der Waals surface area (Å²) in [4.78, 5) is -0.158. The minimum Gasteiger partial charge on any atom is -0.392 e. The predicted molar refractivity (Wildman–Crippen MR) is 111 cm³/mol. The van der Waals surface area contributed by atoms with Crippen LogP contribution in [0.5, 0.6) is 0 Å². The number of benzene rings is 2. The Morgan fingerprint density at radius 2 is 1.48 bits per heavy atom. The van der Waals surface area contributed by atoms with Gasteiger partial charge < -0.3 is 5.11 Å². The van der Waals surface area contributed by atoms with Crippen molar-refractivity contribution in [2.24, 2.45) is 0 Å². The van der Waals surface area contributed by atoms with Crippen LogP contribution in [0, 0.1) is 13.8 Å². The van der Waals surface area contributed by atoms with Crippen molar-refractivity contribution in [1.82, 2.24) is 4.31 Å². The van der Waals surface area contributed by atoms with Crippen molar-refractivity contribution in [3.8, 4) is 0 Å². The Bertz CT molecular complexity index is 1060. The number of aliphatic hydroxyl groups excluding tert-OH is 1. The zero-order valence-corrected chi connectivity index (χ0v) is 18.5. The molecule has 0 amide bonds. The number of aliphatic hydroxyl groups is 1. The lowest BCUT2D eigenvalue weighted by Crippen LogP contribution is -2.43. The molecule has 0 aliphatic carbocycles. The van der Waals surface area contributed by atoms with E-state index in [0.717, 1.165) is 11.1 Å². The SMILES string of the molecule is Cc1ccc(S(=O)(=O)N(C[C@@H](C)O)[C@@H](C)Cc2cc(C)ccc2S(=O)(=O)O)cc1. The Balaban J connectivity index is 2.47. The Morgan fingerprint density at radius 3 is 2.00 bits per heavy atom. The van der Waals surface area contributed by atoms with Gasteiger partial charge in [0.15, 0.2) is 0 Å². The molecule has 0 spiro atoms. The molecule has 2 rings (SSSR count). The van der Waals surface area contributed by atoms with Crippen molar-refractivity contribution in [2.45, 2.75) is 56.1 Å². The fraction of sp³-hybridized carbons (Fsp3) is 0.400. The summed E-state index contributed by atoms with van der Waals surface area (Å²) in [5.74, 6) is 0. The number of rotatable bonds is 8. The van der Waals surface area contributed by atoms with Crippen LogP contribution in [0.1, 0.15) is 30.5 Å². The molecule has 160 valence electrons. The minimum atomic E-state index is -4.45. The van der Waals surface area contributed by atoms with E-state index in [1.807, 2.05) is 6.92 Å². The average molecular weight is 442 g/mol. The smallest absolute Gasteiger partial charge is 0.294 e. The lowest BCUT2D eigenvalue weighted by molar-refractivity contribution is 0.150. The third-order valence-electron chi connectivity index (χ3n) is 4.57. The van der Waals surface area contributed by atoms with Crippen LogP contribution in [-0.2, 0) is 26.6 Å². The van der Waals surface area contributed by atoms with Crippen LogP contribution in [0.25, 0.3) is 0 Å². The lowest BCUT2D eigenvalue weighted by atomic mass is 10.0. The fourth-order valence-corrected chi connectivity index (χ4v) is 5.59. The van der Waals surface area contributed by atoms with E-state index in [0.29, 0.717) is 5.56 Å². The van der Waals surface area contributed by atoms with Gasteiger partial charge in [0, 0.05) is 12.6 Å². The second-order valence-electron chi connectivity index (χ2n) is 7.38. The highest BCUT2D eigenvalue weighted by molar-refractivity contribution is 7.89. The summed E-state index contributed by atoms with van der Waals surface area (Å²) in [6, 6.07) is 10.2. The highest BCUT2D eigenvalue weighted by atomic mass is 32.2. The van der Waals surface area contributed by atoms with Gasteiger partial charge in [-0.05, 0) is 57.9 Å². The minimum absolute atomic E-state index is 0.0502. The molecule has 7 nitrogen and oxygen atoms in total. The van der Waals surface area contributed by atoms with Crippen molar-refractivity contribution in [3.05, 3.63) is 59.2 Å². The molecule has 0 aliphatic rings. The summed E-state index contributed by atoms with van der Waals surface area (Å²) in [5.41, 5.74) is 2.01. The van der Waals surface area contributed by atoms with Crippen molar-refractivity contribution in [1.29, 1.82) is 0 Å². The summed E-state index contributed by atoms with van der Waals surface area (Å²) in [6.07, 6.45) is -0.870. The first-order valence-corrected chi connectivity index (χ1v) is 12.0. The second-order valence-corrected chi connectivity index (χ2v) is 10.7. The molecule has 9 heteroatoms. The van der Waals surface area contributed by atoms with Gasteiger partial charge in [0.2, 0.25) is 10.0 Å². The molecule has 0 aromatic heterocycles. The van der Waals surface area contributed by atoms with Gasteiger partial charge in [0.05, 0.1) is 15.9 Å². The van der Waals surface area contributed by atoms with Crippen LogP contribution < -0.4 is 0 Å². The van der Waals surface area contributed by atoms with Gasteiger partial charge in [0.1, 0.15) is 0 Å². The number of nitrogens with zero attached hydrogens (tertiary/aromatic N) is 1. The van der Waals surface area contributed by atoms with E-state index >= 15 is 0 Å². The number of sulfonamides is 1. The maximum Gasteiger partial charge on any atom is 0.294 e. The van der Waals surface area contributed by atoms with Crippen molar-refractivity contribution < 1.29 is 26.5 Å². The molecule has 0 bridgehead atoms. The van der Waals surface area contributed by atoms with E-state index in [2.05, 4.69) is 0 Å². The van der Waals surface area contributed by atoms with Gasteiger partial charge in [-0.25, -0.2) is 8.42 Å². The summed E-state index contributed by atoms with van der Waals surface area (Å²) >= 11 is 0. The van der Waals surface area contributed by atoms with E-state index in [9.17, 15) is 26.5 Å². The van der Waals surface area contributed by atoms with Gasteiger partial charge in [0.25, 0.3) is 10.1 Å². The van der Waals surface area contributed by atoms with Crippen LogP contribution in [0.4, 0.5) is 0 Å². The molecule has 2 aromatic carbocycles. The maximum absolute atomic E-state index is 13.2. The Labute approximate surface area is 172 Å². The molecule has 0 saturated heterocycles. The second kappa shape index (κ2) is 8.93. The third-order valence-corrected chi connectivity index (χ3v) is 7.52. The van der Waals surface area contributed by atoms with Crippen LogP contribution in [0.2, 0.25) is 0 Å². The first-order chi connectivity index (χ1) is 13.3. The summed E-state index contributed by atoms with van der Waals surface area (Å²) in [5, 5.41) is 9.88. The zero-order valence-electron chi connectivity index (χ0n) is 16.9. The van der Waals surface area contributed by atoms with E-state index in [1.165, 1.54) is 29.4 Å². The standard InChI is InChI=1S/C20H27NO6S2/c1-14-5-8-19(9-6-14)28(23,24)21(13-17(4)22)16(3)12-18-11-15(2)7-10-20(18)29(25,26)27/h5-11,16-17,22H,12-13H2,1-4H3,(H,25,26,27)/t16-,17+/m0/s1. The van der Waals surface area contributed by atoms with Crippen LogP contribution in [-0.4, -0.2) is 49.5 Å². The van der Waals surface area contributed by atoms with Gasteiger partial charge in [-0.1, -0.05) is 35.4 Å². The molecule has 0 saturated carbocycles. The first kappa shape index (κ1) is 23.5. The van der Waals surface area contributed by atoms with E-state index in [4.69, 9.17) is 0 Å². The van der Waals surface area contributed by atoms with Crippen LogP contribution in [0.3, 0.4) is 0 Å². The van der Waals surface area contributed by atoms with Gasteiger partial charge >= 0.3 is 0 Å². The Morgan fingerprint density at radius 1 is 0.931 bits per heavy atom. The summed E-state index contributed by atoms with van der Waals surface area (Å²) < 4.78 is 60.6. The van der Waals surface area contributed by atoms with Crippen molar-refractivity contribution in [2.75, 3.05) is 6.54 Å². The maximum atomic E-state index is 13.2. The molecule has 2 aromatic rings. The topological polar surface area (TPSA) is 112 Å². The summed E-state index contributed by atoms with van der Waals surface area (Å²) in [6.45, 7) is 6.61. The number of hydrogen-bond acceptors (Lipinski definition) is 5. The highest BCUT2D eigenvalue weighted by Gasteiger charge is 2.31. The molecule has 0 fully saturated rings. The van der Waals surface area contributed by atoms with E-state index < -0.39 is 32.3 Å². The fourth-order valence-electron chi connectivity index (χ4n) is 3.16. The average Bonchev–Trinajstić information content (AvgIpc) is 2.58. The highest BCUT2D eigenvalue weighted by Crippen LogP contribution is 2.24. The third kappa shape index (κ3) is 5.86. The molecular formula is C20H27NO6S2. The molecule has 0 radical (unpaired) electrons. The lowest BCUT2D eigenvalue weighted by Gasteiger charge is -2.30. The first-order valence-electron chi connectivity index (χ1n) is 9.16. The monoisotopic (exact) mass is 441 g/mol. The molecule has 2 N–H and O–H groups in total. The molecular weight excluding hydrogens is 414 g/mol. The predicted octanol–water partition coefficient (Wildman–Crippen LogP) is 2.55. The molecule has 2 atom stereocenters.